The molecule has 2 heterocycles. The fourth-order valence-corrected chi connectivity index (χ4v) is 5.31. The van der Waals surface area contributed by atoms with Gasteiger partial charge in [0.25, 0.3) is 5.56 Å². The molecule has 3 unspecified atom stereocenters. The Morgan fingerprint density at radius 1 is 1.20 bits per heavy atom. The number of fused-ring (bicyclic) bond motifs is 1. The molecule has 1 saturated carbocycles. The quantitative estimate of drug-likeness (QED) is 0.328. The number of rotatable bonds is 7. The van der Waals surface area contributed by atoms with E-state index in [9.17, 15) is 33.1 Å². The molecular weight excluding hydrogens is 527 g/mol. The van der Waals surface area contributed by atoms with Gasteiger partial charge in [-0.1, -0.05) is 25.0 Å². The van der Waals surface area contributed by atoms with Crippen LogP contribution < -0.4 is 10.9 Å². The number of benzene rings is 1. The van der Waals surface area contributed by atoms with Gasteiger partial charge in [0.15, 0.2) is 5.82 Å². The third kappa shape index (κ3) is 4.94. The van der Waals surface area contributed by atoms with Crippen LogP contribution in [0.4, 0.5) is 24.7 Å². The van der Waals surface area contributed by atoms with Crippen molar-refractivity contribution in [2.75, 3.05) is 5.32 Å². The second-order valence-corrected chi connectivity index (χ2v) is 10.9. The number of aliphatic hydroxyl groups is 1. The van der Waals surface area contributed by atoms with Crippen LogP contribution in [0, 0.1) is 22.7 Å². The average molecular weight is 560 g/mol. The monoisotopic (exact) mass is 559 g/mol. The highest BCUT2D eigenvalue weighted by molar-refractivity contribution is 5.91. The molecule has 3 atom stereocenters. The van der Waals surface area contributed by atoms with Crippen molar-refractivity contribution in [3.05, 3.63) is 52.4 Å². The van der Waals surface area contributed by atoms with Crippen LogP contribution in [-0.4, -0.2) is 38.1 Å². The van der Waals surface area contributed by atoms with Gasteiger partial charge < -0.3 is 20.1 Å². The Kier molecular flexibility index (Phi) is 7.73. The van der Waals surface area contributed by atoms with E-state index in [4.69, 9.17) is 4.74 Å². The Morgan fingerprint density at radius 2 is 1.85 bits per heavy atom. The normalized spacial score (nSPS) is 19.7. The van der Waals surface area contributed by atoms with Gasteiger partial charge in [0.1, 0.15) is 10.8 Å². The van der Waals surface area contributed by atoms with Gasteiger partial charge in [-0.3, -0.25) is 14.3 Å². The van der Waals surface area contributed by atoms with E-state index in [0.717, 1.165) is 51.7 Å². The molecule has 2 aromatic heterocycles. The number of pyridine rings is 1. The van der Waals surface area contributed by atoms with E-state index in [0.29, 0.717) is 11.2 Å². The minimum atomic E-state index is -5.21. The van der Waals surface area contributed by atoms with Crippen molar-refractivity contribution in [3.63, 3.8) is 0 Å². The maximum absolute atomic E-state index is 14.3. The highest BCUT2D eigenvalue weighted by Gasteiger charge is 2.67. The van der Waals surface area contributed by atoms with Crippen LogP contribution in [0.5, 0.6) is 0 Å². The number of nitriles is 1. The number of carbonyl (C=O) groups excluding carboxylic acids is 1. The van der Waals surface area contributed by atoms with Crippen LogP contribution in [0.2, 0.25) is 0 Å². The summed E-state index contributed by atoms with van der Waals surface area (Å²) >= 11 is 0. The molecule has 3 N–H and O–H groups in total. The molecule has 1 aromatic carbocycles. The van der Waals surface area contributed by atoms with Gasteiger partial charge in [-0.05, 0) is 64.3 Å². The molecule has 1 aliphatic carbocycles. The number of anilines is 2. The smallest absolute Gasteiger partial charge is 0.422 e. The number of alkyl halides is 3. The van der Waals surface area contributed by atoms with Crippen LogP contribution in [0.25, 0.3) is 10.9 Å². The van der Waals surface area contributed by atoms with Crippen molar-refractivity contribution < 1.29 is 27.8 Å². The van der Waals surface area contributed by atoms with Crippen LogP contribution in [0.1, 0.15) is 65.0 Å². The van der Waals surface area contributed by atoms with Crippen molar-refractivity contribution in [1.29, 1.82) is 5.26 Å². The third-order valence-corrected chi connectivity index (χ3v) is 7.57. The first kappa shape index (κ1) is 29.1. The molecule has 40 heavy (non-hydrogen) atoms. The summed E-state index contributed by atoms with van der Waals surface area (Å²) in [6.07, 6.45) is -1.09. The fourth-order valence-electron chi connectivity index (χ4n) is 5.31. The van der Waals surface area contributed by atoms with E-state index in [2.05, 4.69) is 21.5 Å². The Labute approximate surface area is 229 Å². The molecule has 0 aliphatic heterocycles. The van der Waals surface area contributed by atoms with E-state index in [-0.39, 0.29) is 23.2 Å². The zero-order valence-corrected chi connectivity index (χ0v) is 22.7. The number of hydrogen-bond acceptors (Lipinski definition) is 7. The van der Waals surface area contributed by atoms with Crippen LogP contribution in [0.15, 0.2) is 41.3 Å². The summed E-state index contributed by atoms with van der Waals surface area (Å²) in [6, 6.07) is 8.55. The van der Waals surface area contributed by atoms with Gasteiger partial charge in [-0.15, -0.1) is 0 Å². The number of carbonyl (C=O) groups is 1. The van der Waals surface area contributed by atoms with Crippen molar-refractivity contribution in [2.24, 2.45) is 11.3 Å². The zero-order chi connectivity index (χ0) is 29.5. The molecule has 1 fully saturated rings. The first-order valence-electron chi connectivity index (χ1n) is 13.1. The lowest BCUT2D eigenvalue weighted by Gasteiger charge is -2.42. The molecule has 3 aromatic rings. The number of nitrogens with zero attached hydrogens (tertiary/aromatic N) is 3. The van der Waals surface area contributed by atoms with Gasteiger partial charge in [-0.25, -0.2) is 0 Å². The number of aromatic amines is 1. The number of hydrogen-bond donors (Lipinski definition) is 3. The fraction of sp³-hybridized carbons (Fsp3) is 0.500. The largest absolute Gasteiger partial charge is 0.462 e. The lowest BCUT2D eigenvalue weighted by Crippen LogP contribution is -2.57. The average Bonchev–Trinajstić information content (AvgIpc) is 3.26. The van der Waals surface area contributed by atoms with E-state index >= 15 is 0 Å². The molecule has 0 spiro atoms. The maximum Gasteiger partial charge on any atom is 0.422 e. The van der Waals surface area contributed by atoms with Crippen molar-refractivity contribution >= 4 is 28.4 Å². The minimum Gasteiger partial charge on any atom is -0.462 e. The molecule has 214 valence electrons. The Morgan fingerprint density at radius 3 is 2.45 bits per heavy atom. The Hall–Kier alpha value is -3.85. The number of H-pyrrole nitrogens is 1. The summed E-state index contributed by atoms with van der Waals surface area (Å²) in [6.45, 7) is 4.99. The maximum atomic E-state index is 14.3. The van der Waals surface area contributed by atoms with E-state index in [1.807, 2.05) is 0 Å². The highest BCUT2D eigenvalue weighted by atomic mass is 19.4. The molecule has 1 aliphatic rings. The van der Waals surface area contributed by atoms with Crippen LogP contribution in [-0.2, 0) is 15.1 Å². The lowest BCUT2D eigenvalue weighted by molar-refractivity contribution is -0.304. The molecular formula is C28H32F3N5O4. The molecule has 4 rings (SSSR count). The number of aromatic nitrogens is 3. The summed E-state index contributed by atoms with van der Waals surface area (Å²) in [4.78, 5) is 28.0. The topological polar surface area (TPSA) is 133 Å². The number of esters is 1. The minimum absolute atomic E-state index is 0.179. The van der Waals surface area contributed by atoms with Gasteiger partial charge in [0.05, 0.1) is 29.6 Å². The molecule has 0 bridgehead atoms. The second kappa shape index (κ2) is 10.6. The van der Waals surface area contributed by atoms with Crippen molar-refractivity contribution in [2.45, 2.75) is 77.3 Å². The predicted molar refractivity (Wildman–Crippen MR) is 142 cm³/mol. The van der Waals surface area contributed by atoms with Crippen molar-refractivity contribution in [1.82, 2.24) is 14.8 Å². The Balaban J connectivity index is 1.72. The van der Waals surface area contributed by atoms with Crippen LogP contribution in [0.3, 0.4) is 0 Å². The summed E-state index contributed by atoms with van der Waals surface area (Å²) in [5, 5.41) is 28.6. The standard InChI is InChI=1S/C28H32F3N5O4/c1-16(2)40-25(38)26(3,4)27(39,28(29,30)31)18-9-11-19(12-10-18)34-23-22-21(13-14-33-24(22)37)36(35-23)20-8-6-5-7-17(20)15-32/h9-14,16-17,20,39H,5-8H2,1-4H3,(H,33,37)(H,34,35). The molecule has 9 nitrogen and oxygen atoms in total. The first-order chi connectivity index (χ1) is 18.7. The second-order valence-electron chi connectivity index (χ2n) is 10.9. The van der Waals surface area contributed by atoms with Crippen molar-refractivity contribution in [3.8, 4) is 6.07 Å². The molecule has 0 saturated heterocycles. The highest BCUT2D eigenvalue weighted by Crippen LogP contribution is 2.51. The predicted octanol–water partition coefficient (Wildman–Crippen LogP) is 5.45. The summed E-state index contributed by atoms with van der Waals surface area (Å²) in [5.74, 6) is -1.29. The third-order valence-electron chi connectivity index (χ3n) is 7.57. The van der Waals surface area contributed by atoms with Gasteiger partial charge in [0.2, 0.25) is 5.60 Å². The summed E-state index contributed by atoms with van der Waals surface area (Å²) in [5.41, 5.74) is -6.06. The SMILES string of the molecule is CC(C)OC(=O)C(C)(C)C(O)(c1ccc(Nc2nn(C3CCCCC3C#N)c3cc[nH]c(=O)c23)cc1)C(F)(F)F. The van der Waals surface area contributed by atoms with E-state index in [1.54, 1.807) is 10.7 Å². The number of nitrogens with one attached hydrogen (secondary N) is 2. The molecule has 0 radical (unpaired) electrons. The summed E-state index contributed by atoms with van der Waals surface area (Å²) in [7, 11) is 0. The first-order valence-corrected chi connectivity index (χ1v) is 13.1. The van der Waals surface area contributed by atoms with Crippen LogP contribution >= 0.6 is 0 Å². The van der Waals surface area contributed by atoms with E-state index in [1.165, 1.54) is 32.2 Å². The van der Waals surface area contributed by atoms with Gasteiger partial charge in [-0.2, -0.15) is 23.5 Å². The lowest BCUT2D eigenvalue weighted by atomic mass is 9.70. The van der Waals surface area contributed by atoms with Gasteiger partial charge in [0, 0.05) is 11.9 Å². The number of halogens is 3. The Bertz CT molecular complexity index is 1490. The van der Waals surface area contributed by atoms with E-state index < -0.39 is 40.4 Å². The summed E-state index contributed by atoms with van der Waals surface area (Å²) < 4.78 is 49.7. The van der Waals surface area contributed by atoms with Gasteiger partial charge >= 0.3 is 12.1 Å². The number of ether oxygens (including phenoxy) is 1. The molecule has 12 heteroatoms. The molecule has 0 amide bonds. The zero-order valence-electron chi connectivity index (χ0n) is 22.7.